The molecule has 2 bridgehead atoms. The van der Waals surface area contributed by atoms with Crippen LogP contribution in [0.3, 0.4) is 0 Å². The quantitative estimate of drug-likeness (QED) is 0.892. The number of quaternary nitrogens is 1. The number of hydrogen-bond donors (Lipinski definition) is 1. The first-order valence-corrected chi connectivity index (χ1v) is 10.6. The zero-order chi connectivity index (χ0) is 17.5. The molecule has 1 saturated heterocycles. The van der Waals surface area contributed by atoms with Crippen molar-refractivity contribution >= 4 is 5.91 Å². The second kappa shape index (κ2) is 6.88. The average Bonchev–Trinajstić information content (AvgIpc) is 3.38. The second-order valence-electron chi connectivity index (χ2n) is 8.99. The molecule has 4 nitrogen and oxygen atoms in total. The summed E-state index contributed by atoms with van der Waals surface area (Å²) < 4.78 is 5.61. The summed E-state index contributed by atoms with van der Waals surface area (Å²) >= 11 is 0. The van der Waals surface area contributed by atoms with Crippen molar-refractivity contribution in [3.8, 4) is 5.75 Å². The first-order valence-electron chi connectivity index (χ1n) is 10.6. The second-order valence-corrected chi connectivity index (χ2v) is 8.99. The Labute approximate surface area is 156 Å². The van der Waals surface area contributed by atoms with Crippen molar-refractivity contribution < 1.29 is 14.4 Å². The lowest BCUT2D eigenvalue weighted by atomic mass is 9.86. The molecule has 1 N–H and O–H groups in total. The van der Waals surface area contributed by atoms with Gasteiger partial charge in [-0.2, -0.15) is 0 Å². The van der Waals surface area contributed by atoms with Crippen LogP contribution in [0.5, 0.6) is 5.75 Å². The van der Waals surface area contributed by atoms with E-state index in [1.807, 2.05) is 0 Å². The number of nitrogens with zero attached hydrogens (tertiary/aromatic N) is 1. The third kappa shape index (κ3) is 3.24. The van der Waals surface area contributed by atoms with E-state index in [9.17, 15) is 4.79 Å². The van der Waals surface area contributed by atoms with E-state index >= 15 is 0 Å². The van der Waals surface area contributed by atoms with E-state index in [1.165, 1.54) is 36.8 Å². The minimum Gasteiger partial charge on any atom is -0.493 e. The van der Waals surface area contributed by atoms with E-state index in [0.29, 0.717) is 11.8 Å². The lowest BCUT2D eigenvalue weighted by molar-refractivity contribution is -0.917. The normalized spacial score (nSPS) is 30.5. The Morgan fingerprint density at radius 3 is 2.85 bits per heavy atom. The van der Waals surface area contributed by atoms with E-state index in [2.05, 4.69) is 23.1 Å². The molecule has 1 aromatic rings. The number of rotatable bonds is 4. The highest BCUT2D eigenvalue weighted by Gasteiger charge is 2.40. The van der Waals surface area contributed by atoms with Gasteiger partial charge in [0.15, 0.2) is 0 Å². The molecule has 2 aliphatic heterocycles. The van der Waals surface area contributed by atoms with Crippen LogP contribution in [0.25, 0.3) is 0 Å². The lowest BCUT2D eigenvalue weighted by Gasteiger charge is -2.33. The van der Waals surface area contributed by atoms with Crippen LogP contribution in [0.1, 0.15) is 43.2 Å². The largest absolute Gasteiger partial charge is 0.493 e. The molecular weight excluding hydrogens is 324 g/mol. The number of benzene rings is 1. The van der Waals surface area contributed by atoms with Gasteiger partial charge in [-0.1, -0.05) is 6.42 Å². The Bertz CT molecular complexity index is 681. The Kier molecular flexibility index (Phi) is 4.39. The van der Waals surface area contributed by atoms with Crippen molar-refractivity contribution in [2.24, 2.45) is 17.8 Å². The van der Waals surface area contributed by atoms with Crippen molar-refractivity contribution in [3.05, 3.63) is 29.3 Å². The third-order valence-corrected chi connectivity index (χ3v) is 7.35. The van der Waals surface area contributed by atoms with Crippen molar-refractivity contribution in [3.63, 3.8) is 0 Å². The Morgan fingerprint density at radius 2 is 2.08 bits per heavy atom. The molecule has 2 aliphatic carbocycles. The molecule has 4 aliphatic rings. The maximum absolute atomic E-state index is 12.7. The van der Waals surface area contributed by atoms with Crippen LogP contribution in [0, 0.1) is 17.8 Å². The zero-order valence-corrected chi connectivity index (χ0v) is 15.7. The number of carbonyl (C=O) groups is 1. The fourth-order valence-electron chi connectivity index (χ4n) is 5.87. The Morgan fingerprint density at radius 1 is 1.19 bits per heavy atom. The van der Waals surface area contributed by atoms with Gasteiger partial charge in [-0.3, -0.25) is 4.79 Å². The third-order valence-electron chi connectivity index (χ3n) is 7.35. The molecule has 3 atom stereocenters. The highest BCUT2D eigenvalue weighted by molar-refractivity contribution is 5.76. The van der Waals surface area contributed by atoms with Gasteiger partial charge in [0.05, 0.1) is 32.8 Å². The van der Waals surface area contributed by atoms with E-state index in [0.717, 1.165) is 69.8 Å². The van der Waals surface area contributed by atoms with Crippen molar-refractivity contribution in [1.29, 1.82) is 0 Å². The van der Waals surface area contributed by atoms with Crippen LogP contribution >= 0.6 is 0 Å². The van der Waals surface area contributed by atoms with Gasteiger partial charge >= 0.3 is 0 Å². The van der Waals surface area contributed by atoms with Gasteiger partial charge in [0.2, 0.25) is 5.91 Å². The molecule has 1 amide bonds. The minimum atomic E-state index is 0.427. The molecule has 3 fully saturated rings. The molecule has 4 heteroatoms. The maximum atomic E-state index is 12.7. The molecule has 2 heterocycles. The zero-order valence-electron chi connectivity index (χ0n) is 15.7. The molecule has 1 aromatic carbocycles. The fraction of sp³-hybridized carbons (Fsp3) is 0.682. The summed E-state index contributed by atoms with van der Waals surface area (Å²) in [7, 11) is 0. The number of carbonyl (C=O) groups excluding carboxylic acids is 1. The number of fused-ring (bicyclic) bond motifs is 3. The van der Waals surface area contributed by atoms with Gasteiger partial charge in [0.25, 0.3) is 0 Å². The standard InChI is InChI=1S/C22H30N2O2/c25-22(14-20-12-16-1-3-18(20)11-16)24-8-6-23(7-9-24)15-17-2-4-21-19(13-17)5-10-26-21/h2,4,13,16,18,20H,1,3,5-12,14-15H2/p+1/t16-,18+,20-/m0/s1. The van der Waals surface area contributed by atoms with Gasteiger partial charge in [-0.15, -0.1) is 0 Å². The predicted octanol–water partition coefficient (Wildman–Crippen LogP) is 1.67. The van der Waals surface area contributed by atoms with Crippen LogP contribution in [-0.2, 0) is 17.8 Å². The smallest absolute Gasteiger partial charge is 0.223 e. The summed E-state index contributed by atoms with van der Waals surface area (Å²) in [6, 6.07) is 6.66. The molecule has 5 rings (SSSR count). The first kappa shape index (κ1) is 16.6. The number of amides is 1. The Balaban J connectivity index is 1.11. The van der Waals surface area contributed by atoms with Gasteiger partial charge in [0, 0.05) is 18.4 Å². The SMILES string of the molecule is O=C(C[C@@H]1C[C@H]2CC[C@@H]1C2)N1CC[NH+](Cc2ccc3c(c2)CCO3)CC1. The van der Waals surface area contributed by atoms with Crippen LogP contribution in [0.4, 0.5) is 0 Å². The van der Waals surface area contributed by atoms with Crippen LogP contribution in [0.2, 0.25) is 0 Å². The Hall–Kier alpha value is -1.55. The van der Waals surface area contributed by atoms with E-state index in [-0.39, 0.29) is 0 Å². The molecule has 26 heavy (non-hydrogen) atoms. The number of piperazine rings is 1. The topological polar surface area (TPSA) is 34.0 Å². The molecule has 0 radical (unpaired) electrons. The summed E-state index contributed by atoms with van der Waals surface area (Å²) in [6.45, 7) is 5.93. The van der Waals surface area contributed by atoms with Crippen molar-refractivity contribution in [2.75, 3.05) is 32.8 Å². The average molecular weight is 356 g/mol. The van der Waals surface area contributed by atoms with Crippen LogP contribution in [-0.4, -0.2) is 43.6 Å². The molecule has 2 saturated carbocycles. The van der Waals surface area contributed by atoms with Gasteiger partial charge < -0.3 is 14.5 Å². The molecule has 0 aromatic heterocycles. The summed E-state index contributed by atoms with van der Waals surface area (Å²) in [4.78, 5) is 16.5. The summed E-state index contributed by atoms with van der Waals surface area (Å²) in [5.41, 5.74) is 2.77. The summed E-state index contributed by atoms with van der Waals surface area (Å²) in [6.07, 6.45) is 7.40. The summed E-state index contributed by atoms with van der Waals surface area (Å²) in [5, 5.41) is 0. The van der Waals surface area contributed by atoms with Crippen molar-refractivity contribution in [1.82, 2.24) is 4.90 Å². The molecule has 140 valence electrons. The van der Waals surface area contributed by atoms with Gasteiger partial charge in [-0.05, 0) is 60.8 Å². The first-order chi connectivity index (χ1) is 12.7. The monoisotopic (exact) mass is 355 g/mol. The number of ether oxygens (including phenoxy) is 1. The molecular formula is C22H31N2O2+. The van der Waals surface area contributed by atoms with Crippen LogP contribution in [0.15, 0.2) is 18.2 Å². The highest BCUT2D eigenvalue weighted by atomic mass is 16.5. The van der Waals surface area contributed by atoms with E-state index in [4.69, 9.17) is 4.74 Å². The van der Waals surface area contributed by atoms with Gasteiger partial charge in [0.1, 0.15) is 12.3 Å². The number of nitrogens with one attached hydrogen (secondary N) is 1. The van der Waals surface area contributed by atoms with E-state index < -0.39 is 0 Å². The minimum absolute atomic E-state index is 0.427. The maximum Gasteiger partial charge on any atom is 0.223 e. The predicted molar refractivity (Wildman–Crippen MR) is 100 cm³/mol. The molecule has 0 unspecified atom stereocenters. The van der Waals surface area contributed by atoms with Gasteiger partial charge in [-0.25, -0.2) is 0 Å². The lowest BCUT2D eigenvalue weighted by Crippen LogP contribution is -3.13. The molecule has 0 spiro atoms. The fourth-order valence-corrected chi connectivity index (χ4v) is 5.87. The highest BCUT2D eigenvalue weighted by Crippen LogP contribution is 2.49. The van der Waals surface area contributed by atoms with E-state index in [1.54, 1.807) is 4.90 Å². The number of hydrogen-bond acceptors (Lipinski definition) is 2. The summed E-state index contributed by atoms with van der Waals surface area (Å²) in [5.74, 6) is 3.99. The van der Waals surface area contributed by atoms with Crippen molar-refractivity contribution in [2.45, 2.75) is 45.1 Å². The van der Waals surface area contributed by atoms with Crippen LogP contribution < -0.4 is 9.64 Å².